The fourth-order valence-electron chi connectivity index (χ4n) is 0.614. The first-order valence-corrected chi connectivity index (χ1v) is 4.46. The molecule has 0 bridgehead atoms. The highest BCUT2D eigenvalue weighted by Crippen LogP contribution is 2.15. The molecule has 0 aliphatic carbocycles. The van der Waals surface area contributed by atoms with Crippen molar-refractivity contribution in [3.8, 4) is 0 Å². The number of rotatable bonds is 3. The SMILES string of the molecule is CC(C)COC(=O)C(=O)C(C)(C)C. The molecule has 76 valence electrons. The van der Waals surface area contributed by atoms with Crippen LogP contribution in [0.3, 0.4) is 0 Å². The summed E-state index contributed by atoms with van der Waals surface area (Å²) >= 11 is 0. The summed E-state index contributed by atoms with van der Waals surface area (Å²) in [6, 6.07) is 0. The third-order valence-electron chi connectivity index (χ3n) is 1.41. The van der Waals surface area contributed by atoms with E-state index in [1.165, 1.54) is 0 Å². The van der Waals surface area contributed by atoms with E-state index in [0.717, 1.165) is 0 Å². The van der Waals surface area contributed by atoms with Gasteiger partial charge in [0, 0.05) is 5.41 Å². The summed E-state index contributed by atoms with van der Waals surface area (Å²) in [4.78, 5) is 22.4. The van der Waals surface area contributed by atoms with Gasteiger partial charge in [-0.1, -0.05) is 34.6 Å². The summed E-state index contributed by atoms with van der Waals surface area (Å²) in [5.41, 5.74) is -0.645. The minimum atomic E-state index is -0.721. The van der Waals surface area contributed by atoms with Gasteiger partial charge in [0.05, 0.1) is 6.61 Å². The zero-order chi connectivity index (χ0) is 10.6. The second-order valence-electron chi connectivity index (χ2n) is 4.57. The van der Waals surface area contributed by atoms with E-state index in [9.17, 15) is 9.59 Å². The molecule has 0 aromatic heterocycles. The smallest absolute Gasteiger partial charge is 0.375 e. The maximum absolute atomic E-state index is 11.3. The molecule has 0 fully saturated rings. The fraction of sp³-hybridized carbons (Fsp3) is 0.800. The molecule has 0 atom stereocenters. The average molecular weight is 186 g/mol. The average Bonchev–Trinajstić information content (AvgIpc) is 1.96. The predicted molar refractivity (Wildman–Crippen MR) is 50.3 cm³/mol. The van der Waals surface area contributed by atoms with Crippen LogP contribution in [0.25, 0.3) is 0 Å². The van der Waals surface area contributed by atoms with Gasteiger partial charge in [0.15, 0.2) is 0 Å². The van der Waals surface area contributed by atoms with Crippen molar-refractivity contribution in [1.82, 2.24) is 0 Å². The van der Waals surface area contributed by atoms with Crippen LogP contribution < -0.4 is 0 Å². The molecule has 0 saturated heterocycles. The molecule has 0 saturated carbocycles. The molecule has 3 heteroatoms. The number of Topliss-reactive ketones (excluding diaryl/α,β-unsaturated/α-hetero) is 1. The summed E-state index contributed by atoms with van der Waals surface area (Å²) in [7, 11) is 0. The quantitative estimate of drug-likeness (QED) is 0.498. The third kappa shape index (κ3) is 4.65. The molecular formula is C10H18O3. The fourth-order valence-corrected chi connectivity index (χ4v) is 0.614. The highest BCUT2D eigenvalue weighted by atomic mass is 16.5. The van der Waals surface area contributed by atoms with Crippen LogP contribution >= 0.6 is 0 Å². The zero-order valence-electron chi connectivity index (χ0n) is 9.01. The minimum absolute atomic E-state index is 0.261. The van der Waals surface area contributed by atoms with E-state index in [4.69, 9.17) is 4.74 Å². The summed E-state index contributed by atoms with van der Waals surface area (Å²) in [5.74, 6) is -0.925. The highest BCUT2D eigenvalue weighted by Gasteiger charge is 2.29. The second-order valence-corrected chi connectivity index (χ2v) is 4.57. The summed E-state index contributed by atoms with van der Waals surface area (Å²) in [6.07, 6.45) is 0. The molecule has 3 nitrogen and oxygen atoms in total. The van der Waals surface area contributed by atoms with Crippen LogP contribution in [-0.4, -0.2) is 18.4 Å². The maximum Gasteiger partial charge on any atom is 0.375 e. The zero-order valence-corrected chi connectivity index (χ0v) is 9.01. The van der Waals surface area contributed by atoms with Crippen LogP contribution in [0.2, 0.25) is 0 Å². The lowest BCUT2D eigenvalue weighted by Crippen LogP contribution is -2.31. The highest BCUT2D eigenvalue weighted by molar-refractivity contribution is 6.35. The van der Waals surface area contributed by atoms with Crippen molar-refractivity contribution in [2.75, 3.05) is 6.61 Å². The largest absolute Gasteiger partial charge is 0.460 e. The van der Waals surface area contributed by atoms with Crippen molar-refractivity contribution < 1.29 is 14.3 Å². The molecule has 13 heavy (non-hydrogen) atoms. The van der Waals surface area contributed by atoms with Crippen molar-refractivity contribution in [1.29, 1.82) is 0 Å². The Morgan fingerprint density at radius 3 is 2.00 bits per heavy atom. The van der Waals surface area contributed by atoms with E-state index in [1.807, 2.05) is 13.8 Å². The monoisotopic (exact) mass is 186 g/mol. The Morgan fingerprint density at radius 1 is 1.23 bits per heavy atom. The van der Waals surface area contributed by atoms with Crippen LogP contribution in [0.1, 0.15) is 34.6 Å². The first-order valence-electron chi connectivity index (χ1n) is 4.46. The summed E-state index contributed by atoms with van der Waals surface area (Å²) < 4.78 is 4.80. The molecule has 0 N–H and O–H groups in total. The Hall–Kier alpha value is -0.860. The Balaban J connectivity index is 4.06. The van der Waals surface area contributed by atoms with Crippen molar-refractivity contribution in [3.05, 3.63) is 0 Å². The Bertz CT molecular complexity index is 199. The normalized spacial score (nSPS) is 11.5. The number of carbonyl (C=O) groups excluding carboxylic acids is 2. The van der Waals surface area contributed by atoms with E-state index < -0.39 is 17.2 Å². The molecule has 0 heterocycles. The molecule has 0 aliphatic heterocycles. The number of esters is 1. The van der Waals surface area contributed by atoms with Gasteiger partial charge in [-0.25, -0.2) is 4.79 Å². The number of carbonyl (C=O) groups is 2. The van der Waals surface area contributed by atoms with Crippen molar-refractivity contribution in [3.63, 3.8) is 0 Å². The Labute approximate surface area is 79.5 Å². The van der Waals surface area contributed by atoms with Gasteiger partial charge in [-0.05, 0) is 5.92 Å². The topological polar surface area (TPSA) is 43.4 Å². The lowest BCUT2D eigenvalue weighted by atomic mass is 9.91. The van der Waals surface area contributed by atoms with Crippen LogP contribution in [0, 0.1) is 11.3 Å². The summed E-state index contributed by atoms with van der Waals surface area (Å²) in [6.45, 7) is 9.26. The van der Waals surface area contributed by atoms with Crippen LogP contribution in [0.4, 0.5) is 0 Å². The molecule has 0 spiro atoms. The standard InChI is InChI=1S/C10H18O3/c1-7(2)6-13-9(12)8(11)10(3,4)5/h7H,6H2,1-5H3. The van der Waals surface area contributed by atoms with E-state index in [-0.39, 0.29) is 5.92 Å². The van der Waals surface area contributed by atoms with Gasteiger partial charge in [0.1, 0.15) is 0 Å². The van der Waals surface area contributed by atoms with Gasteiger partial charge in [-0.2, -0.15) is 0 Å². The molecule has 0 radical (unpaired) electrons. The van der Waals surface area contributed by atoms with E-state index in [1.54, 1.807) is 20.8 Å². The van der Waals surface area contributed by atoms with E-state index in [0.29, 0.717) is 6.61 Å². The molecular weight excluding hydrogens is 168 g/mol. The Morgan fingerprint density at radius 2 is 1.69 bits per heavy atom. The number of hydrogen-bond donors (Lipinski definition) is 0. The maximum atomic E-state index is 11.3. The van der Waals surface area contributed by atoms with Gasteiger partial charge in [-0.15, -0.1) is 0 Å². The summed E-state index contributed by atoms with van der Waals surface area (Å²) in [5, 5.41) is 0. The first kappa shape index (κ1) is 12.1. The van der Waals surface area contributed by atoms with Crippen LogP contribution in [-0.2, 0) is 14.3 Å². The molecule has 0 unspecified atom stereocenters. The number of ether oxygens (including phenoxy) is 1. The van der Waals surface area contributed by atoms with E-state index in [2.05, 4.69) is 0 Å². The molecule has 0 amide bonds. The van der Waals surface area contributed by atoms with Crippen molar-refractivity contribution in [2.24, 2.45) is 11.3 Å². The lowest BCUT2D eigenvalue weighted by molar-refractivity contribution is -0.158. The van der Waals surface area contributed by atoms with Crippen molar-refractivity contribution in [2.45, 2.75) is 34.6 Å². The first-order chi connectivity index (χ1) is 5.75. The predicted octanol–water partition coefficient (Wildman–Crippen LogP) is 1.80. The van der Waals surface area contributed by atoms with Gasteiger partial charge in [-0.3, -0.25) is 4.79 Å². The number of hydrogen-bond acceptors (Lipinski definition) is 3. The Kier molecular flexibility index (Phi) is 4.11. The van der Waals surface area contributed by atoms with E-state index >= 15 is 0 Å². The van der Waals surface area contributed by atoms with Crippen molar-refractivity contribution >= 4 is 11.8 Å². The second kappa shape index (κ2) is 4.40. The van der Waals surface area contributed by atoms with Gasteiger partial charge >= 0.3 is 5.97 Å². The van der Waals surface area contributed by atoms with Gasteiger partial charge in [0.2, 0.25) is 5.78 Å². The number of ketones is 1. The van der Waals surface area contributed by atoms with Crippen LogP contribution in [0.5, 0.6) is 0 Å². The molecule has 0 aromatic rings. The minimum Gasteiger partial charge on any atom is -0.460 e. The van der Waals surface area contributed by atoms with Gasteiger partial charge < -0.3 is 4.74 Å². The third-order valence-corrected chi connectivity index (χ3v) is 1.41. The molecule has 0 aliphatic rings. The lowest BCUT2D eigenvalue weighted by Gasteiger charge is -2.15. The molecule has 0 aromatic carbocycles. The van der Waals surface area contributed by atoms with Gasteiger partial charge in [0.25, 0.3) is 0 Å². The van der Waals surface area contributed by atoms with Crippen LogP contribution in [0.15, 0.2) is 0 Å². The molecule has 0 rings (SSSR count).